The Morgan fingerprint density at radius 3 is 2.43 bits per heavy atom. The maximum absolute atomic E-state index is 12.0. The van der Waals surface area contributed by atoms with Crippen LogP contribution in [0.5, 0.6) is 5.75 Å². The number of rotatable bonds is 4. The van der Waals surface area contributed by atoms with E-state index in [4.69, 9.17) is 4.74 Å². The first-order valence-electron chi connectivity index (χ1n) is 6.90. The molecule has 1 aromatic heterocycles. The second-order valence-corrected chi connectivity index (χ2v) is 5.19. The highest BCUT2D eigenvalue weighted by Gasteiger charge is 2.09. The standard InChI is InChI=1S/C17H20N2O2/c1-11-5-7-15(8-6-11)21-10-16(20)19-17-12(2)9-13(3)18-14(17)4/h5-9H,10H2,1-4H3,(H,19,20). The van der Waals surface area contributed by atoms with Gasteiger partial charge in [0.25, 0.3) is 5.91 Å². The number of benzene rings is 1. The Morgan fingerprint density at radius 1 is 1.14 bits per heavy atom. The van der Waals surface area contributed by atoms with Crippen LogP contribution in [-0.4, -0.2) is 17.5 Å². The van der Waals surface area contributed by atoms with Crippen LogP contribution in [0.1, 0.15) is 22.5 Å². The molecule has 0 aliphatic carbocycles. The molecule has 21 heavy (non-hydrogen) atoms. The van der Waals surface area contributed by atoms with E-state index in [9.17, 15) is 4.79 Å². The van der Waals surface area contributed by atoms with Crippen molar-refractivity contribution in [2.45, 2.75) is 27.7 Å². The van der Waals surface area contributed by atoms with E-state index in [2.05, 4.69) is 10.3 Å². The van der Waals surface area contributed by atoms with Crippen LogP contribution in [0.25, 0.3) is 0 Å². The molecule has 0 spiro atoms. The van der Waals surface area contributed by atoms with Gasteiger partial charge in [-0.25, -0.2) is 0 Å². The van der Waals surface area contributed by atoms with Gasteiger partial charge in [-0.1, -0.05) is 17.7 Å². The lowest BCUT2D eigenvalue weighted by Crippen LogP contribution is -2.21. The number of anilines is 1. The zero-order chi connectivity index (χ0) is 15.4. The zero-order valence-electron chi connectivity index (χ0n) is 12.9. The molecule has 0 saturated heterocycles. The highest BCUT2D eigenvalue weighted by atomic mass is 16.5. The molecule has 4 heteroatoms. The topological polar surface area (TPSA) is 51.2 Å². The molecule has 110 valence electrons. The molecule has 0 saturated carbocycles. The number of carbonyl (C=O) groups excluding carboxylic acids is 1. The number of amides is 1. The van der Waals surface area contributed by atoms with Crippen molar-refractivity contribution in [2.75, 3.05) is 11.9 Å². The minimum Gasteiger partial charge on any atom is -0.484 e. The Hall–Kier alpha value is -2.36. The first-order chi connectivity index (χ1) is 9.95. The molecule has 1 N–H and O–H groups in total. The van der Waals surface area contributed by atoms with E-state index in [1.807, 2.05) is 58.0 Å². The first-order valence-corrected chi connectivity index (χ1v) is 6.90. The number of aryl methyl sites for hydroxylation is 4. The van der Waals surface area contributed by atoms with E-state index >= 15 is 0 Å². The second-order valence-electron chi connectivity index (χ2n) is 5.19. The monoisotopic (exact) mass is 284 g/mol. The molecule has 0 aliphatic rings. The summed E-state index contributed by atoms with van der Waals surface area (Å²) in [6.45, 7) is 7.77. The molecule has 0 unspecified atom stereocenters. The van der Waals surface area contributed by atoms with E-state index in [0.717, 1.165) is 28.2 Å². The average molecular weight is 284 g/mol. The van der Waals surface area contributed by atoms with Gasteiger partial charge < -0.3 is 10.1 Å². The Bertz CT molecular complexity index is 625. The summed E-state index contributed by atoms with van der Waals surface area (Å²) >= 11 is 0. The smallest absolute Gasteiger partial charge is 0.262 e. The van der Waals surface area contributed by atoms with Crippen molar-refractivity contribution >= 4 is 11.6 Å². The molecule has 1 aromatic carbocycles. The molecular formula is C17H20N2O2. The SMILES string of the molecule is Cc1ccc(OCC(=O)Nc2c(C)cc(C)nc2C)cc1. The Balaban J connectivity index is 1.97. The van der Waals surface area contributed by atoms with E-state index in [-0.39, 0.29) is 12.5 Å². The molecule has 1 amide bonds. The fourth-order valence-electron chi connectivity index (χ4n) is 2.17. The van der Waals surface area contributed by atoms with Crippen molar-refractivity contribution in [2.24, 2.45) is 0 Å². The number of hydrogen-bond acceptors (Lipinski definition) is 3. The van der Waals surface area contributed by atoms with Gasteiger partial charge in [-0.15, -0.1) is 0 Å². The van der Waals surface area contributed by atoms with Crippen molar-refractivity contribution in [1.29, 1.82) is 0 Å². The molecule has 0 bridgehead atoms. The van der Waals surface area contributed by atoms with Gasteiger partial charge in [-0.2, -0.15) is 0 Å². The van der Waals surface area contributed by atoms with Gasteiger partial charge in [0, 0.05) is 5.69 Å². The van der Waals surface area contributed by atoms with Gasteiger partial charge in [-0.3, -0.25) is 9.78 Å². The summed E-state index contributed by atoms with van der Waals surface area (Å²) in [5.74, 6) is 0.499. The third-order valence-electron chi connectivity index (χ3n) is 3.18. The molecule has 2 rings (SSSR count). The molecule has 2 aromatic rings. The summed E-state index contributed by atoms with van der Waals surface area (Å²) in [5, 5.41) is 2.86. The van der Waals surface area contributed by atoms with Crippen LogP contribution in [0.3, 0.4) is 0 Å². The molecule has 0 radical (unpaired) electrons. The highest BCUT2D eigenvalue weighted by Crippen LogP contribution is 2.19. The largest absolute Gasteiger partial charge is 0.484 e. The Morgan fingerprint density at radius 2 is 1.81 bits per heavy atom. The fraction of sp³-hybridized carbons (Fsp3) is 0.294. The minimum atomic E-state index is -0.188. The van der Waals surface area contributed by atoms with Gasteiger partial charge in [0.1, 0.15) is 5.75 Å². The maximum Gasteiger partial charge on any atom is 0.262 e. The molecule has 0 atom stereocenters. The number of hydrogen-bond donors (Lipinski definition) is 1. The third-order valence-corrected chi connectivity index (χ3v) is 3.18. The van der Waals surface area contributed by atoms with Crippen molar-refractivity contribution in [3.8, 4) is 5.75 Å². The quantitative estimate of drug-likeness (QED) is 0.937. The molecule has 4 nitrogen and oxygen atoms in total. The lowest BCUT2D eigenvalue weighted by molar-refractivity contribution is -0.118. The number of carbonyl (C=O) groups is 1. The van der Waals surface area contributed by atoms with Crippen LogP contribution in [0.4, 0.5) is 5.69 Å². The summed E-state index contributed by atoms with van der Waals surface area (Å²) in [4.78, 5) is 16.3. The number of pyridine rings is 1. The summed E-state index contributed by atoms with van der Waals surface area (Å²) in [5.41, 5.74) is 4.68. The molecule has 1 heterocycles. The van der Waals surface area contributed by atoms with Crippen molar-refractivity contribution < 1.29 is 9.53 Å². The van der Waals surface area contributed by atoms with Crippen LogP contribution in [0.15, 0.2) is 30.3 Å². The van der Waals surface area contributed by atoms with E-state index in [0.29, 0.717) is 5.75 Å². The summed E-state index contributed by atoms with van der Waals surface area (Å²) in [6, 6.07) is 9.55. The van der Waals surface area contributed by atoms with Gasteiger partial charge in [-0.05, 0) is 51.5 Å². The normalized spacial score (nSPS) is 10.3. The molecule has 0 fully saturated rings. The maximum atomic E-state index is 12.0. The van der Waals surface area contributed by atoms with Crippen LogP contribution in [0, 0.1) is 27.7 Å². The number of ether oxygens (including phenoxy) is 1. The third kappa shape index (κ3) is 4.05. The Kier molecular flexibility index (Phi) is 4.58. The van der Waals surface area contributed by atoms with Crippen LogP contribution in [-0.2, 0) is 4.79 Å². The predicted molar refractivity (Wildman–Crippen MR) is 83.8 cm³/mol. The fourth-order valence-corrected chi connectivity index (χ4v) is 2.17. The lowest BCUT2D eigenvalue weighted by Gasteiger charge is -2.12. The van der Waals surface area contributed by atoms with Gasteiger partial charge >= 0.3 is 0 Å². The lowest BCUT2D eigenvalue weighted by atomic mass is 10.1. The summed E-state index contributed by atoms with van der Waals surface area (Å²) in [7, 11) is 0. The Labute approximate surface area is 125 Å². The molecule has 0 aliphatic heterocycles. The minimum absolute atomic E-state index is 0.0180. The van der Waals surface area contributed by atoms with Crippen molar-refractivity contribution in [3.05, 3.63) is 52.8 Å². The van der Waals surface area contributed by atoms with Crippen LogP contribution in [0.2, 0.25) is 0 Å². The number of aromatic nitrogens is 1. The van der Waals surface area contributed by atoms with Gasteiger partial charge in [0.2, 0.25) is 0 Å². The van der Waals surface area contributed by atoms with E-state index in [1.165, 1.54) is 0 Å². The average Bonchev–Trinajstić information content (AvgIpc) is 2.42. The second kappa shape index (κ2) is 6.39. The predicted octanol–water partition coefficient (Wildman–Crippen LogP) is 3.33. The zero-order valence-corrected chi connectivity index (χ0v) is 12.9. The first kappa shape index (κ1) is 15.0. The number of nitrogens with zero attached hydrogens (tertiary/aromatic N) is 1. The van der Waals surface area contributed by atoms with Gasteiger partial charge in [0.05, 0.1) is 11.4 Å². The van der Waals surface area contributed by atoms with Crippen molar-refractivity contribution in [3.63, 3.8) is 0 Å². The van der Waals surface area contributed by atoms with Crippen molar-refractivity contribution in [1.82, 2.24) is 4.98 Å². The highest BCUT2D eigenvalue weighted by molar-refractivity contribution is 5.93. The van der Waals surface area contributed by atoms with Crippen LogP contribution < -0.4 is 10.1 Å². The number of nitrogens with one attached hydrogen (secondary N) is 1. The summed E-state index contributed by atoms with van der Waals surface area (Å²) < 4.78 is 5.47. The van der Waals surface area contributed by atoms with Crippen LogP contribution >= 0.6 is 0 Å². The summed E-state index contributed by atoms with van der Waals surface area (Å²) in [6.07, 6.45) is 0. The van der Waals surface area contributed by atoms with Gasteiger partial charge in [0.15, 0.2) is 6.61 Å². The van der Waals surface area contributed by atoms with E-state index in [1.54, 1.807) is 0 Å². The molecular weight excluding hydrogens is 264 g/mol. The van der Waals surface area contributed by atoms with E-state index < -0.39 is 0 Å².